The minimum Gasteiger partial charge on any atom is -0.492 e. The summed E-state index contributed by atoms with van der Waals surface area (Å²) < 4.78 is 22.1. The van der Waals surface area contributed by atoms with E-state index in [-0.39, 0.29) is 23.7 Å². The number of rotatable bonds is 4. The van der Waals surface area contributed by atoms with Gasteiger partial charge in [0.1, 0.15) is 12.0 Å². The summed E-state index contributed by atoms with van der Waals surface area (Å²) in [5.74, 6) is 0.600. The Morgan fingerprint density at radius 3 is 2.90 bits per heavy atom. The van der Waals surface area contributed by atoms with E-state index in [0.717, 1.165) is 56.5 Å². The second-order valence-electron chi connectivity index (χ2n) is 9.54. The minimum absolute atomic E-state index is 0.102. The highest BCUT2D eigenvalue weighted by molar-refractivity contribution is 5.78. The number of anilines is 1. The summed E-state index contributed by atoms with van der Waals surface area (Å²) in [5.41, 5.74) is 3.62. The molecule has 1 spiro atoms. The van der Waals surface area contributed by atoms with E-state index in [9.17, 15) is 0 Å². The lowest BCUT2D eigenvalue weighted by atomic mass is 9.91. The molecule has 3 atom stereocenters. The van der Waals surface area contributed by atoms with Crippen LogP contribution in [0.1, 0.15) is 50.2 Å². The van der Waals surface area contributed by atoms with Crippen molar-refractivity contribution in [3.05, 3.63) is 29.1 Å². The number of benzene rings is 1. The van der Waals surface area contributed by atoms with E-state index < -0.39 is 0 Å². The molecule has 1 saturated heterocycles. The molecule has 30 heavy (non-hydrogen) atoms. The van der Waals surface area contributed by atoms with Crippen LogP contribution in [0.5, 0.6) is 5.75 Å². The first-order valence-corrected chi connectivity index (χ1v) is 11.3. The van der Waals surface area contributed by atoms with E-state index in [1.807, 2.05) is 13.1 Å². The van der Waals surface area contributed by atoms with Gasteiger partial charge >= 0.3 is 0 Å². The predicted octanol–water partition coefficient (Wildman–Crippen LogP) is 2.57. The van der Waals surface area contributed by atoms with E-state index in [4.69, 9.17) is 4.74 Å². The summed E-state index contributed by atoms with van der Waals surface area (Å²) in [6.07, 6.45) is 7.33. The molecule has 1 aromatic carbocycles. The molecule has 5 rings (SSSR count). The predicted molar refractivity (Wildman–Crippen MR) is 118 cm³/mol. The Hall–Kier alpha value is -1.67. The second kappa shape index (κ2) is 7.79. The molecule has 164 valence electrons. The summed E-state index contributed by atoms with van der Waals surface area (Å²) in [6.45, 7) is 4.72. The molecule has 0 amide bonds. The van der Waals surface area contributed by atoms with Crippen LogP contribution in [-0.4, -0.2) is 57.2 Å². The molecule has 4 N–H and O–H groups in total. The molecule has 4 aliphatic rings. The summed E-state index contributed by atoms with van der Waals surface area (Å²) in [4.78, 5) is 2.28. The van der Waals surface area contributed by atoms with E-state index in [2.05, 4.69) is 46.2 Å². The highest BCUT2D eigenvalue weighted by Gasteiger charge is 2.52. The molecule has 1 aromatic rings. The summed E-state index contributed by atoms with van der Waals surface area (Å²) in [7, 11) is 4.07. The van der Waals surface area contributed by atoms with Crippen molar-refractivity contribution in [2.75, 3.05) is 39.1 Å². The summed E-state index contributed by atoms with van der Waals surface area (Å²) in [5, 5.41) is 13.7. The third kappa shape index (κ3) is 3.62. The monoisotopic (exact) mass is 415 g/mol. The second-order valence-corrected chi connectivity index (χ2v) is 9.54. The highest BCUT2D eigenvalue weighted by Crippen LogP contribution is 2.58. The zero-order chi connectivity index (χ0) is 20.9. The molecule has 0 radical (unpaired) electrons. The van der Waals surface area contributed by atoms with Crippen molar-refractivity contribution in [2.45, 2.75) is 62.9 Å². The highest BCUT2D eigenvalue weighted by atomic mass is 19.1. The molecule has 1 saturated carbocycles. The fourth-order valence-electron chi connectivity index (χ4n) is 5.12. The number of halogens is 1. The van der Waals surface area contributed by atoms with Crippen LogP contribution in [-0.2, 0) is 5.41 Å². The van der Waals surface area contributed by atoms with Crippen molar-refractivity contribution in [3.63, 3.8) is 0 Å². The average Bonchev–Trinajstić information content (AvgIpc) is 3.46. The first-order valence-electron chi connectivity index (χ1n) is 11.3. The van der Waals surface area contributed by atoms with Crippen molar-refractivity contribution in [1.82, 2.24) is 20.9 Å². The maximum Gasteiger partial charge on any atom is 0.157 e. The van der Waals surface area contributed by atoms with Gasteiger partial charge in [0.25, 0.3) is 0 Å². The molecular weight excluding hydrogens is 381 g/mol. The summed E-state index contributed by atoms with van der Waals surface area (Å²) >= 11 is 0. The largest absolute Gasteiger partial charge is 0.492 e. The Morgan fingerprint density at radius 1 is 1.30 bits per heavy atom. The van der Waals surface area contributed by atoms with Crippen LogP contribution < -0.4 is 26.0 Å². The first kappa shape index (κ1) is 20.2. The van der Waals surface area contributed by atoms with Gasteiger partial charge in [0.15, 0.2) is 5.82 Å². The molecular formula is C23H34FN5O. The fraction of sp³-hybridized carbons (Fsp3) is 0.652. The maximum absolute atomic E-state index is 16.0. The van der Waals surface area contributed by atoms with E-state index in [1.54, 1.807) is 0 Å². The van der Waals surface area contributed by atoms with Crippen molar-refractivity contribution in [2.24, 2.45) is 0 Å². The van der Waals surface area contributed by atoms with Gasteiger partial charge in [0.05, 0.1) is 24.0 Å². The smallest absolute Gasteiger partial charge is 0.157 e. The maximum atomic E-state index is 16.0. The average molecular weight is 416 g/mol. The van der Waals surface area contributed by atoms with Gasteiger partial charge in [-0.25, -0.2) is 4.39 Å². The van der Waals surface area contributed by atoms with Crippen LogP contribution in [0.4, 0.5) is 10.1 Å². The number of fused-ring (bicyclic) bond motifs is 2. The number of likely N-dealkylation sites (N-methyl/N-ethyl adjacent to an activating group) is 1. The van der Waals surface area contributed by atoms with Crippen molar-refractivity contribution in [1.29, 1.82) is 0 Å². The number of hydrogen-bond donors (Lipinski definition) is 4. The number of hydrogen-bond acceptors (Lipinski definition) is 6. The van der Waals surface area contributed by atoms with Gasteiger partial charge < -0.3 is 20.3 Å². The van der Waals surface area contributed by atoms with Crippen LogP contribution in [0, 0.1) is 5.82 Å². The Balaban J connectivity index is 1.52. The van der Waals surface area contributed by atoms with Crippen LogP contribution in [0.2, 0.25) is 0 Å². The Kier molecular flexibility index (Phi) is 5.25. The molecule has 0 bridgehead atoms. The third-order valence-electron chi connectivity index (χ3n) is 7.15. The quantitative estimate of drug-likeness (QED) is 0.607. The van der Waals surface area contributed by atoms with Crippen molar-refractivity contribution < 1.29 is 9.13 Å². The lowest BCUT2D eigenvalue weighted by molar-refractivity contribution is 0.249. The molecule has 3 unspecified atom stereocenters. The molecule has 0 aromatic heterocycles. The number of ether oxygens (including phenoxy) is 1. The van der Waals surface area contributed by atoms with Crippen LogP contribution >= 0.6 is 0 Å². The molecule has 1 aliphatic carbocycles. The fourth-order valence-corrected chi connectivity index (χ4v) is 5.12. The van der Waals surface area contributed by atoms with Gasteiger partial charge in [-0.2, -0.15) is 0 Å². The molecule has 3 heterocycles. The van der Waals surface area contributed by atoms with Gasteiger partial charge in [-0.15, -0.1) is 0 Å². The van der Waals surface area contributed by atoms with Crippen LogP contribution in [0.25, 0.3) is 5.57 Å². The Labute approximate surface area is 178 Å². The minimum atomic E-state index is -0.196. The Morgan fingerprint density at radius 2 is 2.13 bits per heavy atom. The number of nitrogens with zero attached hydrogens (tertiary/aromatic N) is 1. The van der Waals surface area contributed by atoms with Gasteiger partial charge in [-0.1, -0.05) is 6.08 Å². The lowest BCUT2D eigenvalue weighted by Crippen LogP contribution is -2.63. The summed E-state index contributed by atoms with van der Waals surface area (Å²) in [6, 6.07) is 2.34. The standard InChI is InChI=1S/C23H34FN5O/c1-14-11-18(25-2)28-22(26-14)27-17-12-16-21(30-13-23(16)7-8-23)19(20(17)24)15-5-4-9-29(3)10-6-15/h6,12,14,18,22,25-28H,4-5,7-11,13H2,1-3H3. The van der Waals surface area contributed by atoms with Gasteiger partial charge in [-0.3, -0.25) is 10.6 Å². The number of allylic oxidation sites excluding steroid dienone is 1. The number of nitrogens with one attached hydrogen (secondary N) is 4. The SMILES string of the molecule is CNC1CC(C)NC(Nc2cc3c(c(C4=CCN(C)CCC4)c2F)OCC32CC2)N1. The van der Waals surface area contributed by atoms with E-state index in [1.165, 1.54) is 5.56 Å². The molecule has 7 heteroatoms. The van der Waals surface area contributed by atoms with Crippen LogP contribution in [0.3, 0.4) is 0 Å². The van der Waals surface area contributed by atoms with Crippen molar-refractivity contribution in [3.8, 4) is 5.75 Å². The van der Waals surface area contributed by atoms with E-state index >= 15 is 4.39 Å². The lowest BCUT2D eigenvalue weighted by Gasteiger charge is -2.37. The molecule has 3 aliphatic heterocycles. The van der Waals surface area contributed by atoms with Crippen LogP contribution in [0.15, 0.2) is 12.1 Å². The topological polar surface area (TPSA) is 60.6 Å². The van der Waals surface area contributed by atoms with Gasteiger partial charge in [0.2, 0.25) is 0 Å². The molecule has 2 fully saturated rings. The normalized spacial score (nSPS) is 30.4. The van der Waals surface area contributed by atoms with E-state index in [0.29, 0.717) is 23.9 Å². The Bertz CT molecular complexity index is 852. The van der Waals surface area contributed by atoms with Gasteiger partial charge in [-0.05, 0) is 71.3 Å². The third-order valence-corrected chi connectivity index (χ3v) is 7.15. The molecule has 6 nitrogen and oxygen atoms in total. The van der Waals surface area contributed by atoms with Gasteiger partial charge in [0, 0.05) is 23.6 Å². The van der Waals surface area contributed by atoms with Crippen molar-refractivity contribution >= 4 is 11.3 Å². The zero-order valence-electron chi connectivity index (χ0n) is 18.3. The zero-order valence-corrected chi connectivity index (χ0v) is 18.3. The first-order chi connectivity index (χ1) is 14.5.